The Kier molecular flexibility index (Phi) is 6.72. The summed E-state index contributed by atoms with van der Waals surface area (Å²) in [5.74, 6) is -0.122. The van der Waals surface area contributed by atoms with E-state index >= 15 is 0 Å². The molecule has 0 radical (unpaired) electrons. The Balaban J connectivity index is 1.33. The van der Waals surface area contributed by atoms with Crippen LogP contribution >= 0.6 is 0 Å². The standard InChI is InChI=1S/C30H24F3NO3/c31-30(32,33)22-12-13-23(20-7-5-6-19(14-20)17-35)21(15-22)16-34-29(36)37-18-28-26-10-3-1-8-24(26)25-9-2-4-11-27(25)28/h1-15,28,35H,16-18H2,(H,34,36). The van der Waals surface area contributed by atoms with Crippen LogP contribution in [0.3, 0.4) is 0 Å². The van der Waals surface area contributed by atoms with Crippen LogP contribution < -0.4 is 5.32 Å². The number of rotatable bonds is 6. The van der Waals surface area contributed by atoms with E-state index in [0.29, 0.717) is 22.3 Å². The summed E-state index contributed by atoms with van der Waals surface area (Å²) in [7, 11) is 0. The Bertz CT molecular complexity index is 1400. The number of aliphatic hydroxyl groups excluding tert-OH is 1. The number of ether oxygens (including phenoxy) is 1. The zero-order chi connectivity index (χ0) is 26.0. The molecule has 5 rings (SSSR count). The van der Waals surface area contributed by atoms with Crippen LogP contribution in [-0.4, -0.2) is 17.8 Å². The first-order valence-corrected chi connectivity index (χ1v) is 11.8. The quantitative estimate of drug-likeness (QED) is 0.301. The molecule has 1 aliphatic carbocycles. The molecular formula is C30H24F3NO3. The zero-order valence-electron chi connectivity index (χ0n) is 19.8. The van der Waals surface area contributed by atoms with Crippen LogP contribution in [0.5, 0.6) is 0 Å². The maximum atomic E-state index is 13.4. The van der Waals surface area contributed by atoms with Gasteiger partial charge in [0.1, 0.15) is 6.61 Å². The Morgan fingerprint density at radius 1 is 0.838 bits per heavy atom. The lowest BCUT2D eigenvalue weighted by Crippen LogP contribution is -2.26. The molecule has 0 aliphatic heterocycles. The third-order valence-electron chi connectivity index (χ3n) is 6.62. The zero-order valence-corrected chi connectivity index (χ0v) is 19.8. The number of carbonyl (C=O) groups excluding carboxylic acids is 1. The smallest absolute Gasteiger partial charge is 0.416 e. The number of hydrogen-bond acceptors (Lipinski definition) is 3. The van der Waals surface area contributed by atoms with Gasteiger partial charge in [-0.05, 0) is 62.7 Å². The maximum Gasteiger partial charge on any atom is 0.416 e. The summed E-state index contributed by atoms with van der Waals surface area (Å²) >= 11 is 0. The van der Waals surface area contributed by atoms with Crippen molar-refractivity contribution in [2.45, 2.75) is 25.2 Å². The topological polar surface area (TPSA) is 58.6 Å². The van der Waals surface area contributed by atoms with E-state index in [2.05, 4.69) is 5.32 Å². The highest BCUT2D eigenvalue weighted by molar-refractivity contribution is 5.79. The van der Waals surface area contributed by atoms with Gasteiger partial charge in [-0.15, -0.1) is 0 Å². The first-order valence-electron chi connectivity index (χ1n) is 11.8. The summed E-state index contributed by atoms with van der Waals surface area (Å²) in [5.41, 5.74) is 5.63. The van der Waals surface area contributed by atoms with Crippen LogP contribution in [0.2, 0.25) is 0 Å². The molecule has 0 spiro atoms. The molecular weight excluding hydrogens is 479 g/mol. The van der Waals surface area contributed by atoms with Crippen molar-refractivity contribution in [1.82, 2.24) is 5.32 Å². The Morgan fingerprint density at radius 2 is 1.51 bits per heavy atom. The molecule has 188 valence electrons. The van der Waals surface area contributed by atoms with Gasteiger partial charge in [-0.3, -0.25) is 0 Å². The van der Waals surface area contributed by atoms with Gasteiger partial charge in [0.15, 0.2) is 0 Å². The minimum absolute atomic E-state index is 0.105. The fraction of sp³-hybridized carbons (Fsp3) is 0.167. The lowest BCUT2D eigenvalue weighted by atomic mass is 9.96. The van der Waals surface area contributed by atoms with E-state index in [1.54, 1.807) is 24.3 Å². The molecule has 37 heavy (non-hydrogen) atoms. The van der Waals surface area contributed by atoms with E-state index in [-0.39, 0.29) is 25.7 Å². The Hall–Kier alpha value is -4.10. The molecule has 0 fully saturated rings. The van der Waals surface area contributed by atoms with Crippen molar-refractivity contribution in [1.29, 1.82) is 0 Å². The van der Waals surface area contributed by atoms with Crippen LogP contribution in [0.25, 0.3) is 22.3 Å². The van der Waals surface area contributed by atoms with Gasteiger partial charge in [0.2, 0.25) is 0 Å². The van der Waals surface area contributed by atoms with Crippen molar-refractivity contribution in [3.05, 3.63) is 119 Å². The molecule has 0 saturated carbocycles. The van der Waals surface area contributed by atoms with Crippen molar-refractivity contribution in [2.75, 3.05) is 6.61 Å². The normalized spacial score (nSPS) is 12.6. The average Bonchev–Trinajstić information content (AvgIpc) is 3.23. The van der Waals surface area contributed by atoms with Crippen LogP contribution in [0.1, 0.15) is 33.7 Å². The van der Waals surface area contributed by atoms with Crippen molar-refractivity contribution in [3.63, 3.8) is 0 Å². The van der Waals surface area contributed by atoms with Gasteiger partial charge in [-0.2, -0.15) is 13.2 Å². The molecule has 0 heterocycles. The minimum atomic E-state index is -4.52. The van der Waals surface area contributed by atoms with Gasteiger partial charge < -0.3 is 15.2 Å². The number of fused-ring (bicyclic) bond motifs is 3. The number of hydrogen-bond donors (Lipinski definition) is 2. The SMILES string of the molecule is O=C(NCc1cc(C(F)(F)F)ccc1-c1cccc(CO)c1)OCC1c2ccccc2-c2ccccc21. The maximum absolute atomic E-state index is 13.4. The van der Waals surface area contributed by atoms with Gasteiger partial charge >= 0.3 is 12.3 Å². The van der Waals surface area contributed by atoms with Gasteiger partial charge in [-0.1, -0.05) is 72.8 Å². The molecule has 0 aromatic heterocycles. The number of nitrogens with one attached hydrogen (secondary N) is 1. The average molecular weight is 504 g/mol. The molecule has 0 unspecified atom stereocenters. The van der Waals surface area contributed by atoms with Crippen molar-refractivity contribution in [2.24, 2.45) is 0 Å². The number of halogens is 3. The Labute approximate surface area is 212 Å². The fourth-order valence-corrected chi connectivity index (χ4v) is 4.85. The van der Waals surface area contributed by atoms with Crippen molar-refractivity contribution >= 4 is 6.09 Å². The van der Waals surface area contributed by atoms with Crippen LogP contribution in [0.15, 0.2) is 91.0 Å². The second-order valence-electron chi connectivity index (χ2n) is 8.91. The molecule has 4 aromatic carbocycles. The van der Waals surface area contributed by atoms with E-state index < -0.39 is 17.8 Å². The Morgan fingerprint density at radius 3 is 2.16 bits per heavy atom. The van der Waals surface area contributed by atoms with Crippen LogP contribution in [0.4, 0.5) is 18.0 Å². The number of amides is 1. The monoisotopic (exact) mass is 503 g/mol. The highest BCUT2D eigenvalue weighted by Crippen LogP contribution is 2.44. The number of benzene rings is 4. The molecule has 7 heteroatoms. The van der Waals surface area contributed by atoms with Crippen molar-refractivity contribution in [3.8, 4) is 22.3 Å². The summed E-state index contributed by atoms with van der Waals surface area (Å²) in [6, 6.07) is 26.2. The minimum Gasteiger partial charge on any atom is -0.449 e. The molecule has 1 aliphatic rings. The predicted molar refractivity (Wildman–Crippen MR) is 135 cm³/mol. The summed E-state index contributed by atoms with van der Waals surface area (Å²) in [6.45, 7) is -0.241. The number of aliphatic hydroxyl groups is 1. The molecule has 0 saturated heterocycles. The molecule has 1 amide bonds. The molecule has 4 aromatic rings. The molecule has 2 N–H and O–H groups in total. The number of carbonyl (C=O) groups is 1. The van der Waals surface area contributed by atoms with E-state index in [9.17, 15) is 23.1 Å². The highest BCUT2D eigenvalue weighted by atomic mass is 19.4. The van der Waals surface area contributed by atoms with Crippen LogP contribution in [0, 0.1) is 0 Å². The van der Waals surface area contributed by atoms with Gasteiger partial charge in [0, 0.05) is 12.5 Å². The lowest BCUT2D eigenvalue weighted by Gasteiger charge is -2.17. The summed E-state index contributed by atoms with van der Waals surface area (Å²) in [4.78, 5) is 12.6. The second kappa shape index (κ2) is 10.1. The second-order valence-corrected chi connectivity index (χ2v) is 8.91. The number of alkyl halides is 3. The molecule has 0 atom stereocenters. The fourth-order valence-electron chi connectivity index (χ4n) is 4.85. The molecule has 0 bridgehead atoms. The van der Waals surface area contributed by atoms with Gasteiger partial charge in [-0.25, -0.2) is 4.79 Å². The first kappa shape index (κ1) is 24.6. The van der Waals surface area contributed by atoms with E-state index in [1.165, 1.54) is 6.07 Å². The van der Waals surface area contributed by atoms with Crippen molar-refractivity contribution < 1.29 is 27.8 Å². The van der Waals surface area contributed by atoms with E-state index in [4.69, 9.17) is 4.74 Å². The van der Waals surface area contributed by atoms with Gasteiger partial charge in [0.25, 0.3) is 0 Å². The summed E-state index contributed by atoms with van der Waals surface area (Å²) in [6.07, 6.45) is -5.24. The number of alkyl carbamates (subject to hydrolysis) is 1. The van der Waals surface area contributed by atoms with Gasteiger partial charge in [0.05, 0.1) is 12.2 Å². The largest absolute Gasteiger partial charge is 0.449 e. The predicted octanol–water partition coefficient (Wildman–Crippen LogP) is 6.90. The highest BCUT2D eigenvalue weighted by Gasteiger charge is 2.31. The first-order chi connectivity index (χ1) is 17.8. The molecule has 4 nitrogen and oxygen atoms in total. The van der Waals surface area contributed by atoms with E-state index in [1.807, 2.05) is 48.5 Å². The van der Waals surface area contributed by atoms with Crippen LogP contribution in [-0.2, 0) is 24.1 Å². The summed E-state index contributed by atoms with van der Waals surface area (Å²) < 4.78 is 45.8. The summed E-state index contributed by atoms with van der Waals surface area (Å²) in [5, 5.41) is 12.1. The lowest BCUT2D eigenvalue weighted by molar-refractivity contribution is -0.137. The third-order valence-corrected chi connectivity index (χ3v) is 6.62. The third kappa shape index (κ3) is 5.08. The van der Waals surface area contributed by atoms with E-state index in [0.717, 1.165) is 34.4 Å².